The summed E-state index contributed by atoms with van der Waals surface area (Å²) in [6.45, 7) is 3.70. The number of benzene rings is 2. The highest BCUT2D eigenvalue weighted by molar-refractivity contribution is 7.91. The van der Waals surface area contributed by atoms with Crippen LogP contribution in [0.1, 0.15) is 13.8 Å². The number of hydrogen-bond acceptors (Lipinski definition) is 6. The molecule has 0 unspecified atom stereocenters. The predicted molar refractivity (Wildman–Crippen MR) is 105 cm³/mol. The summed E-state index contributed by atoms with van der Waals surface area (Å²) in [7, 11) is -1.93. The first-order chi connectivity index (χ1) is 13.3. The van der Waals surface area contributed by atoms with Gasteiger partial charge in [-0.15, -0.1) is 0 Å². The summed E-state index contributed by atoms with van der Waals surface area (Å²) < 4.78 is 49.1. The number of nitrogens with one attached hydrogen (secondary N) is 1. The molecular weight excluding hydrogens is 383 g/mol. The van der Waals surface area contributed by atoms with E-state index in [1.165, 1.54) is 37.6 Å². The number of oxazole rings is 1. The second-order valence-electron chi connectivity index (χ2n) is 6.70. The van der Waals surface area contributed by atoms with Crippen molar-refractivity contribution in [1.29, 1.82) is 0 Å². The summed E-state index contributed by atoms with van der Waals surface area (Å²) in [5.41, 5.74) is 1.09. The SMILES string of the molecule is COc1ccc(S(=O)(=O)CC(C)C)cc1Nc1ncc(-c2ccc(F)cc2)o1. The molecule has 0 saturated carbocycles. The summed E-state index contributed by atoms with van der Waals surface area (Å²) in [4.78, 5) is 4.34. The van der Waals surface area contributed by atoms with Crippen molar-refractivity contribution in [3.05, 3.63) is 54.5 Å². The summed E-state index contributed by atoms with van der Waals surface area (Å²) in [5, 5.41) is 2.95. The van der Waals surface area contributed by atoms with Gasteiger partial charge in [0, 0.05) is 5.56 Å². The van der Waals surface area contributed by atoms with Crippen LogP contribution in [0, 0.1) is 11.7 Å². The number of sulfone groups is 1. The van der Waals surface area contributed by atoms with Crippen LogP contribution in [0.4, 0.5) is 16.1 Å². The number of methoxy groups -OCH3 is 1. The van der Waals surface area contributed by atoms with E-state index in [2.05, 4.69) is 10.3 Å². The molecule has 1 aromatic heterocycles. The van der Waals surface area contributed by atoms with Crippen LogP contribution in [-0.4, -0.2) is 26.3 Å². The topological polar surface area (TPSA) is 81.4 Å². The monoisotopic (exact) mass is 404 g/mol. The predicted octanol–water partition coefficient (Wildman–Crippen LogP) is 4.66. The van der Waals surface area contributed by atoms with E-state index in [-0.39, 0.29) is 28.4 Å². The zero-order valence-electron chi connectivity index (χ0n) is 15.8. The van der Waals surface area contributed by atoms with E-state index in [9.17, 15) is 12.8 Å². The lowest BCUT2D eigenvalue weighted by Crippen LogP contribution is -2.12. The molecule has 0 bridgehead atoms. The summed E-state index contributed by atoms with van der Waals surface area (Å²) in [5.74, 6) is 0.612. The highest BCUT2D eigenvalue weighted by Crippen LogP contribution is 2.32. The van der Waals surface area contributed by atoms with Gasteiger partial charge in [-0.2, -0.15) is 0 Å². The normalized spacial score (nSPS) is 11.6. The molecule has 3 aromatic rings. The maximum atomic E-state index is 13.1. The third kappa shape index (κ3) is 4.51. The lowest BCUT2D eigenvalue weighted by atomic mass is 10.2. The van der Waals surface area contributed by atoms with Crippen LogP contribution in [0.3, 0.4) is 0 Å². The summed E-state index contributed by atoms with van der Waals surface area (Å²) >= 11 is 0. The highest BCUT2D eigenvalue weighted by atomic mass is 32.2. The minimum absolute atomic E-state index is 0.00789. The minimum atomic E-state index is -3.42. The molecule has 28 heavy (non-hydrogen) atoms. The molecule has 0 spiro atoms. The molecule has 6 nitrogen and oxygen atoms in total. The smallest absolute Gasteiger partial charge is 0.299 e. The third-order valence-electron chi connectivity index (χ3n) is 3.96. The average molecular weight is 404 g/mol. The van der Waals surface area contributed by atoms with Gasteiger partial charge in [0.15, 0.2) is 15.6 Å². The van der Waals surface area contributed by atoms with Crippen molar-refractivity contribution in [3.63, 3.8) is 0 Å². The van der Waals surface area contributed by atoms with Gasteiger partial charge in [0.25, 0.3) is 6.01 Å². The largest absolute Gasteiger partial charge is 0.495 e. The number of aromatic nitrogens is 1. The average Bonchev–Trinajstić information content (AvgIpc) is 3.09. The van der Waals surface area contributed by atoms with Crippen molar-refractivity contribution in [1.82, 2.24) is 4.98 Å². The number of rotatable bonds is 7. The van der Waals surface area contributed by atoms with Gasteiger partial charge in [0.05, 0.1) is 29.6 Å². The van der Waals surface area contributed by atoms with E-state index in [0.717, 1.165) is 0 Å². The maximum Gasteiger partial charge on any atom is 0.299 e. The van der Waals surface area contributed by atoms with Crippen LogP contribution in [-0.2, 0) is 9.84 Å². The molecule has 148 valence electrons. The number of nitrogens with zero attached hydrogens (tertiary/aromatic N) is 1. The van der Waals surface area contributed by atoms with Crippen molar-refractivity contribution in [2.24, 2.45) is 5.92 Å². The number of halogens is 1. The number of anilines is 2. The fraction of sp³-hybridized carbons (Fsp3) is 0.250. The van der Waals surface area contributed by atoms with Crippen LogP contribution < -0.4 is 10.1 Å². The van der Waals surface area contributed by atoms with Crippen molar-refractivity contribution in [2.75, 3.05) is 18.2 Å². The van der Waals surface area contributed by atoms with Gasteiger partial charge in [-0.1, -0.05) is 13.8 Å². The van der Waals surface area contributed by atoms with E-state index in [0.29, 0.717) is 22.8 Å². The fourth-order valence-electron chi connectivity index (χ4n) is 2.71. The van der Waals surface area contributed by atoms with Crippen molar-refractivity contribution < 1.29 is 22.0 Å². The molecule has 0 aliphatic heterocycles. The first-order valence-electron chi connectivity index (χ1n) is 8.68. The Hall–Kier alpha value is -2.87. The molecule has 0 atom stereocenters. The first kappa shape index (κ1) is 19.9. The van der Waals surface area contributed by atoms with Crippen molar-refractivity contribution >= 4 is 21.5 Å². The number of hydrogen-bond donors (Lipinski definition) is 1. The summed E-state index contributed by atoms with van der Waals surface area (Å²) in [6.07, 6.45) is 1.50. The van der Waals surface area contributed by atoms with Crippen LogP contribution in [0.15, 0.2) is 58.0 Å². The molecule has 1 N–H and O–H groups in total. The molecule has 2 aromatic carbocycles. The Labute approximate surface area is 163 Å². The third-order valence-corrected chi connectivity index (χ3v) is 6.04. The Morgan fingerprint density at radius 1 is 1.18 bits per heavy atom. The molecule has 0 saturated heterocycles. The standard InChI is InChI=1S/C20H21FN2O4S/c1-13(2)12-28(24,25)16-8-9-18(26-3)17(10-16)23-20-22-11-19(27-20)14-4-6-15(21)7-5-14/h4-11,13H,12H2,1-3H3,(H,22,23). The van der Waals surface area contributed by atoms with Crippen molar-refractivity contribution in [3.8, 4) is 17.1 Å². The van der Waals surface area contributed by atoms with E-state index in [4.69, 9.17) is 9.15 Å². The lowest BCUT2D eigenvalue weighted by molar-refractivity contribution is 0.416. The van der Waals surface area contributed by atoms with Gasteiger partial charge >= 0.3 is 0 Å². The highest BCUT2D eigenvalue weighted by Gasteiger charge is 2.19. The molecule has 0 aliphatic carbocycles. The van der Waals surface area contributed by atoms with Gasteiger partial charge in [0.2, 0.25) is 0 Å². The van der Waals surface area contributed by atoms with E-state index in [1.807, 2.05) is 13.8 Å². The molecule has 1 heterocycles. The van der Waals surface area contributed by atoms with Crippen molar-refractivity contribution in [2.45, 2.75) is 18.7 Å². The Morgan fingerprint density at radius 2 is 1.89 bits per heavy atom. The quantitative estimate of drug-likeness (QED) is 0.617. The zero-order valence-corrected chi connectivity index (χ0v) is 16.6. The van der Waals surface area contributed by atoms with Gasteiger partial charge in [-0.3, -0.25) is 0 Å². The Balaban J connectivity index is 1.89. The van der Waals surface area contributed by atoms with Crippen LogP contribution in [0.2, 0.25) is 0 Å². The van der Waals surface area contributed by atoms with Gasteiger partial charge < -0.3 is 14.5 Å². The van der Waals surface area contributed by atoms with Crippen LogP contribution in [0.5, 0.6) is 5.75 Å². The molecule has 8 heteroatoms. The number of ether oxygens (including phenoxy) is 1. The van der Waals surface area contributed by atoms with Gasteiger partial charge in [0.1, 0.15) is 11.6 Å². The van der Waals surface area contributed by atoms with Gasteiger partial charge in [-0.25, -0.2) is 17.8 Å². The molecule has 0 radical (unpaired) electrons. The minimum Gasteiger partial charge on any atom is -0.495 e. The zero-order chi connectivity index (χ0) is 20.3. The summed E-state index contributed by atoms with van der Waals surface area (Å²) in [6, 6.07) is 10.6. The van der Waals surface area contributed by atoms with Crippen LogP contribution >= 0.6 is 0 Å². The molecule has 0 amide bonds. The lowest BCUT2D eigenvalue weighted by Gasteiger charge is -2.12. The fourth-order valence-corrected chi connectivity index (χ4v) is 4.35. The first-order valence-corrected chi connectivity index (χ1v) is 10.3. The van der Waals surface area contributed by atoms with E-state index in [1.54, 1.807) is 18.2 Å². The van der Waals surface area contributed by atoms with E-state index < -0.39 is 9.84 Å². The maximum absolute atomic E-state index is 13.1. The Bertz CT molecular complexity index is 1060. The van der Waals surface area contributed by atoms with E-state index >= 15 is 0 Å². The Morgan fingerprint density at radius 3 is 2.54 bits per heavy atom. The molecule has 0 fully saturated rings. The Kier molecular flexibility index (Phi) is 5.69. The molecule has 0 aliphatic rings. The molecule has 3 rings (SSSR count). The second-order valence-corrected chi connectivity index (χ2v) is 8.73. The van der Waals surface area contributed by atoms with Crippen LogP contribution in [0.25, 0.3) is 11.3 Å². The van der Waals surface area contributed by atoms with Gasteiger partial charge in [-0.05, 0) is 48.4 Å². The second kappa shape index (κ2) is 8.02. The molecular formula is C20H21FN2O4S.